The van der Waals surface area contributed by atoms with Crippen molar-refractivity contribution in [1.29, 1.82) is 0 Å². The monoisotopic (exact) mass is 376 g/mol. The van der Waals surface area contributed by atoms with E-state index in [1.165, 1.54) is 18.6 Å². The van der Waals surface area contributed by atoms with Crippen molar-refractivity contribution < 1.29 is 9.34 Å². The molecule has 9 nitrogen and oxygen atoms in total. The largest absolute Gasteiger partial charge is 0.450 e. The molecule has 0 amide bonds. The topological polar surface area (TPSA) is 110 Å². The van der Waals surface area contributed by atoms with Crippen molar-refractivity contribution in [2.45, 2.75) is 0 Å². The van der Waals surface area contributed by atoms with Crippen LogP contribution in [0.25, 0.3) is 22.1 Å². The molecule has 28 heavy (non-hydrogen) atoms. The maximum atomic E-state index is 11.3. The summed E-state index contributed by atoms with van der Waals surface area (Å²) in [4.78, 5) is 21.0. The van der Waals surface area contributed by atoms with E-state index in [2.05, 4.69) is 20.5 Å². The number of para-hydroxylation sites is 1. The number of nitro benzene ring substituents is 1. The zero-order valence-electron chi connectivity index (χ0n) is 15.2. The SMILES string of the molecule is CN(C)c1ccc(/C=N\Nc2ncnc3c2oc2ccccc23)cc1[N+](=O)[O-]. The second kappa shape index (κ2) is 6.95. The minimum absolute atomic E-state index is 0.00987. The Kier molecular flexibility index (Phi) is 4.32. The molecule has 4 rings (SSSR count). The van der Waals surface area contributed by atoms with Gasteiger partial charge in [-0.1, -0.05) is 18.2 Å². The summed E-state index contributed by atoms with van der Waals surface area (Å²) in [5, 5.41) is 16.3. The molecular weight excluding hydrogens is 360 g/mol. The van der Waals surface area contributed by atoms with Crippen molar-refractivity contribution in [3.05, 3.63) is 64.5 Å². The highest BCUT2D eigenvalue weighted by atomic mass is 16.6. The molecule has 0 spiro atoms. The highest BCUT2D eigenvalue weighted by Crippen LogP contribution is 2.30. The van der Waals surface area contributed by atoms with E-state index in [9.17, 15) is 10.1 Å². The number of furan rings is 1. The second-order valence-electron chi connectivity index (χ2n) is 6.27. The molecule has 140 valence electrons. The number of benzene rings is 2. The standard InChI is InChI=1S/C19H16N6O3/c1-24(2)14-8-7-12(9-15(14)25(26)27)10-22-23-19-18-17(20-11-21-19)13-5-3-4-6-16(13)28-18/h3-11H,1-2H3,(H,20,21,23)/b22-10-. The molecular formula is C19H16N6O3. The van der Waals surface area contributed by atoms with Crippen LogP contribution >= 0.6 is 0 Å². The van der Waals surface area contributed by atoms with Gasteiger partial charge >= 0.3 is 0 Å². The lowest BCUT2D eigenvalue weighted by Gasteiger charge is -2.12. The minimum atomic E-state index is -0.414. The van der Waals surface area contributed by atoms with Crippen LogP contribution in [0.5, 0.6) is 0 Å². The van der Waals surface area contributed by atoms with Gasteiger partial charge in [0, 0.05) is 31.1 Å². The summed E-state index contributed by atoms with van der Waals surface area (Å²) in [5.74, 6) is 0.414. The number of nitrogens with one attached hydrogen (secondary N) is 1. The van der Waals surface area contributed by atoms with Crippen molar-refractivity contribution in [2.24, 2.45) is 5.10 Å². The third kappa shape index (κ3) is 3.09. The van der Waals surface area contributed by atoms with E-state index >= 15 is 0 Å². The lowest BCUT2D eigenvalue weighted by atomic mass is 10.2. The zero-order valence-corrected chi connectivity index (χ0v) is 15.2. The molecule has 0 unspecified atom stereocenters. The molecule has 0 saturated carbocycles. The van der Waals surface area contributed by atoms with Gasteiger partial charge in [0.2, 0.25) is 0 Å². The van der Waals surface area contributed by atoms with E-state index in [4.69, 9.17) is 4.42 Å². The van der Waals surface area contributed by atoms with Gasteiger partial charge in [0.15, 0.2) is 11.4 Å². The smallest absolute Gasteiger partial charge is 0.293 e. The first-order valence-electron chi connectivity index (χ1n) is 8.41. The highest BCUT2D eigenvalue weighted by Gasteiger charge is 2.16. The number of fused-ring (bicyclic) bond motifs is 3. The summed E-state index contributed by atoms with van der Waals surface area (Å²) in [7, 11) is 3.51. The number of nitrogens with zero attached hydrogens (tertiary/aromatic N) is 5. The average molecular weight is 376 g/mol. The number of aromatic nitrogens is 2. The van der Waals surface area contributed by atoms with Crippen molar-refractivity contribution in [3.63, 3.8) is 0 Å². The van der Waals surface area contributed by atoms with Gasteiger partial charge in [-0.05, 0) is 18.2 Å². The van der Waals surface area contributed by atoms with Gasteiger partial charge < -0.3 is 9.32 Å². The third-order valence-corrected chi connectivity index (χ3v) is 4.22. The van der Waals surface area contributed by atoms with Gasteiger partial charge in [0.1, 0.15) is 23.1 Å². The first-order valence-corrected chi connectivity index (χ1v) is 8.41. The maximum absolute atomic E-state index is 11.3. The number of hydrazone groups is 1. The number of rotatable bonds is 5. The second-order valence-corrected chi connectivity index (χ2v) is 6.27. The van der Waals surface area contributed by atoms with Gasteiger partial charge in [0.25, 0.3) is 5.69 Å². The summed E-state index contributed by atoms with van der Waals surface area (Å²) in [6.45, 7) is 0. The third-order valence-electron chi connectivity index (χ3n) is 4.22. The van der Waals surface area contributed by atoms with E-state index in [1.807, 2.05) is 24.3 Å². The number of nitro groups is 1. The molecule has 0 fully saturated rings. The Hall–Kier alpha value is -4.01. The fraction of sp³-hybridized carbons (Fsp3) is 0.105. The fourth-order valence-electron chi connectivity index (χ4n) is 2.92. The normalized spacial score (nSPS) is 11.4. The Morgan fingerprint density at radius 3 is 2.82 bits per heavy atom. The Bertz CT molecular complexity index is 1210. The van der Waals surface area contributed by atoms with Gasteiger partial charge in [-0.15, -0.1) is 0 Å². The molecule has 0 aliphatic heterocycles. The van der Waals surface area contributed by atoms with E-state index in [-0.39, 0.29) is 5.69 Å². The van der Waals surface area contributed by atoms with Crippen LogP contribution in [0, 0.1) is 10.1 Å². The van der Waals surface area contributed by atoms with Gasteiger partial charge in [-0.25, -0.2) is 9.97 Å². The zero-order chi connectivity index (χ0) is 19.7. The summed E-state index contributed by atoms with van der Waals surface area (Å²) >= 11 is 0. The predicted octanol–water partition coefficient (Wildman–Crippen LogP) is 3.80. The van der Waals surface area contributed by atoms with Crippen LogP contribution in [0.4, 0.5) is 17.2 Å². The molecule has 1 N–H and O–H groups in total. The Morgan fingerprint density at radius 2 is 2.04 bits per heavy atom. The van der Waals surface area contributed by atoms with E-state index in [1.54, 1.807) is 31.1 Å². The molecule has 4 aromatic rings. The molecule has 0 saturated heterocycles. The van der Waals surface area contributed by atoms with Crippen molar-refractivity contribution in [2.75, 3.05) is 24.4 Å². The minimum Gasteiger partial charge on any atom is -0.450 e. The maximum Gasteiger partial charge on any atom is 0.293 e. The van der Waals surface area contributed by atoms with Crippen LogP contribution in [0.3, 0.4) is 0 Å². The van der Waals surface area contributed by atoms with Gasteiger partial charge in [-0.2, -0.15) is 5.10 Å². The van der Waals surface area contributed by atoms with Gasteiger partial charge in [0.05, 0.1) is 11.1 Å². The predicted molar refractivity (Wildman–Crippen MR) is 108 cm³/mol. The molecule has 2 aromatic heterocycles. The first kappa shape index (κ1) is 17.4. The first-order chi connectivity index (χ1) is 13.5. The van der Waals surface area contributed by atoms with Crippen LogP contribution in [-0.2, 0) is 0 Å². The fourth-order valence-corrected chi connectivity index (χ4v) is 2.92. The van der Waals surface area contributed by atoms with Crippen LogP contribution in [0.2, 0.25) is 0 Å². The quantitative estimate of drug-likeness (QED) is 0.320. The molecule has 2 aromatic carbocycles. The number of hydrogen-bond donors (Lipinski definition) is 1. The van der Waals surface area contributed by atoms with Crippen LogP contribution < -0.4 is 10.3 Å². The van der Waals surface area contributed by atoms with Crippen LogP contribution in [0.15, 0.2) is 58.3 Å². The molecule has 0 aliphatic carbocycles. The van der Waals surface area contributed by atoms with Crippen LogP contribution in [-0.4, -0.2) is 35.2 Å². The lowest BCUT2D eigenvalue weighted by molar-refractivity contribution is -0.384. The number of hydrogen-bond acceptors (Lipinski definition) is 8. The van der Waals surface area contributed by atoms with Crippen molar-refractivity contribution >= 4 is 45.5 Å². The van der Waals surface area contributed by atoms with Gasteiger partial charge in [-0.3, -0.25) is 15.5 Å². The molecule has 2 heterocycles. The summed E-state index contributed by atoms with van der Waals surface area (Å²) in [5.41, 5.74) is 5.84. The highest BCUT2D eigenvalue weighted by molar-refractivity contribution is 6.05. The molecule has 0 radical (unpaired) electrons. The Labute approximate surface area is 159 Å². The van der Waals surface area contributed by atoms with Crippen molar-refractivity contribution in [1.82, 2.24) is 9.97 Å². The van der Waals surface area contributed by atoms with Crippen LogP contribution in [0.1, 0.15) is 5.56 Å². The van der Waals surface area contributed by atoms with E-state index in [0.717, 1.165) is 5.39 Å². The molecule has 0 aliphatic rings. The van der Waals surface area contributed by atoms with E-state index < -0.39 is 4.92 Å². The van der Waals surface area contributed by atoms with E-state index in [0.29, 0.717) is 33.8 Å². The molecule has 0 bridgehead atoms. The number of anilines is 2. The van der Waals surface area contributed by atoms with Crippen molar-refractivity contribution in [3.8, 4) is 0 Å². The average Bonchev–Trinajstić information content (AvgIpc) is 3.07. The Balaban J connectivity index is 1.64. The summed E-state index contributed by atoms with van der Waals surface area (Å²) < 4.78 is 5.82. The molecule has 0 atom stereocenters. The summed E-state index contributed by atoms with van der Waals surface area (Å²) in [6.07, 6.45) is 2.92. The molecule has 9 heteroatoms. The Morgan fingerprint density at radius 1 is 1.21 bits per heavy atom. The summed E-state index contributed by atoms with van der Waals surface area (Å²) in [6, 6.07) is 12.5. The lowest BCUT2D eigenvalue weighted by Crippen LogP contribution is -2.11.